The van der Waals surface area contributed by atoms with E-state index in [4.69, 9.17) is 0 Å². The van der Waals surface area contributed by atoms with E-state index in [1.165, 1.54) is 38.5 Å². The third kappa shape index (κ3) is 1.92. The molecule has 2 saturated carbocycles. The number of nitrogens with one attached hydrogen (secondary N) is 2. The van der Waals surface area contributed by atoms with Gasteiger partial charge in [-0.1, -0.05) is 23.8 Å². The Morgan fingerprint density at radius 1 is 0.905 bits per heavy atom. The molecule has 0 bridgehead atoms. The van der Waals surface area contributed by atoms with Crippen molar-refractivity contribution in [2.45, 2.75) is 50.6 Å². The number of allylic oxidation sites excluding steroid dienone is 5. The van der Waals surface area contributed by atoms with Crippen LogP contribution in [0.1, 0.15) is 38.5 Å². The smallest absolute Gasteiger partial charge is 0.0411 e. The first-order chi connectivity index (χ1) is 10.4. The maximum atomic E-state index is 3.72. The van der Waals surface area contributed by atoms with Crippen molar-refractivity contribution in [3.63, 3.8) is 0 Å². The van der Waals surface area contributed by atoms with Crippen LogP contribution in [-0.2, 0) is 0 Å². The van der Waals surface area contributed by atoms with Crippen LogP contribution in [0, 0.1) is 17.8 Å². The number of fused-ring (bicyclic) bond motifs is 6. The molecule has 5 unspecified atom stereocenters. The highest BCUT2D eigenvalue weighted by molar-refractivity contribution is 5.47. The highest BCUT2D eigenvalue weighted by Crippen LogP contribution is 2.52. The maximum Gasteiger partial charge on any atom is 0.0411 e. The average molecular weight is 282 g/mol. The molecule has 5 aliphatic rings. The Bertz CT molecular complexity index is 542. The molecule has 2 N–H and O–H groups in total. The molecule has 21 heavy (non-hydrogen) atoms. The summed E-state index contributed by atoms with van der Waals surface area (Å²) in [6.07, 6.45) is 16.0. The van der Waals surface area contributed by atoms with Crippen molar-refractivity contribution in [2.24, 2.45) is 17.8 Å². The van der Waals surface area contributed by atoms with E-state index in [2.05, 4.69) is 28.9 Å². The van der Waals surface area contributed by atoms with Gasteiger partial charge in [-0.2, -0.15) is 0 Å². The molecule has 112 valence electrons. The highest BCUT2D eigenvalue weighted by Gasteiger charge is 2.42. The van der Waals surface area contributed by atoms with Gasteiger partial charge in [-0.05, 0) is 67.4 Å². The lowest BCUT2D eigenvalue weighted by Gasteiger charge is -2.46. The minimum absolute atomic E-state index is 0.568. The molecule has 1 heterocycles. The fourth-order valence-electron chi connectivity index (χ4n) is 5.69. The van der Waals surface area contributed by atoms with Crippen molar-refractivity contribution in [1.29, 1.82) is 0 Å². The standard InChI is InChI=1S/C19H26N2/c1-2-12-4-6-16-15(14(12)3-1)7-5-13-10-18-19(11-17(13)16)21-9-8-20-18/h4,6,11,13-15,18-21H,1-3,5,7-10H2. The molecule has 5 atom stereocenters. The first-order valence-corrected chi connectivity index (χ1v) is 8.99. The van der Waals surface area contributed by atoms with Crippen LogP contribution in [-0.4, -0.2) is 25.2 Å². The summed E-state index contributed by atoms with van der Waals surface area (Å²) >= 11 is 0. The van der Waals surface area contributed by atoms with Gasteiger partial charge in [-0.15, -0.1) is 0 Å². The molecule has 4 aliphatic carbocycles. The Morgan fingerprint density at radius 3 is 2.86 bits per heavy atom. The molecular formula is C19H26N2. The minimum Gasteiger partial charge on any atom is -0.311 e. The van der Waals surface area contributed by atoms with Crippen molar-refractivity contribution in [1.82, 2.24) is 10.6 Å². The van der Waals surface area contributed by atoms with E-state index < -0.39 is 0 Å². The molecule has 1 aliphatic heterocycles. The molecular weight excluding hydrogens is 256 g/mol. The van der Waals surface area contributed by atoms with Crippen LogP contribution >= 0.6 is 0 Å². The molecule has 0 radical (unpaired) electrons. The second-order valence-corrected chi connectivity index (χ2v) is 7.64. The van der Waals surface area contributed by atoms with E-state index in [1.807, 2.05) is 0 Å². The molecule has 0 aromatic carbocycles. The van der Waals surface area contributed by atoms with Gasteiger partial charge in [0.15, 0.2) is 0 Å². The predicted octanol–water partition coefficient (Wildman–Crippen LogP) is 2.94. The van der Waals surface area contributed by atoms with E-state index >= 15 is 0 Å². The largest absolute Gasteiger partial charge is 0.311 e. The maximum absolute atomic E-state index is 3.72. The van der Waals surface area contributed by atoms with E-state index in [0.717, 1.165) is 30.8 Å². The van der Waals surface area contributed by atoms with Crippen LogP contribution in [0.2, 0.25) is 0 Å². The van der Waals surface area contributed by atoms with Crippen molar-refractivity contribution in [3.8, 4) is 0 Å². The third-order valence-corrected chi connectivity index (χ3v) is 6.66. The lowest BCUT2D eigenvalue weighted by Crippen LogP contribution is -2.57. The Kier molecular flexibility index (Phi) is 2.91. The SMILES string of the molecule is C1=C2C3=CC=C4CCCC4C3CCC2CC2NCCNC12. The van der Waals surface area contributed by atoms with Crippen LogP contribution in [0.3, 0.4) is 0 Å². The Labute approximate surface area is 127 Å². The zero-order valence-electron chi connectivity index (χ0n) is 12.8. The third-order valence-electron chi connectivity index (χ3n) is 6.66. The second-order valence-electron chi connectivity index (χ2n) is 7.64. The van der Waals surface area contributed by atoms with Crippen molar-refractivity contribution >= 4 is 0 Å². The van der Waals surface area contributed by atoms with Crippen LogP contribution in [0.15, 0.2) is 34.9 Å². The zero-order valence-corrected chi connectivity index (χ0v) is 12.8. The lowest BCUT2D eigenvalue weighted by atomic mass is 9.63. The van der Waals surface area contributed by atoms with E-state index in [-0.39, 0.29) is 0 Å². The average Bonchev–Trinajstić information content (AvgIpc) is 3.01. The van der Waals surface area contributed by atoms with Gasteiger partial charge < -0.3 is 10.6 Å². The fourth-order valence-corrected chi connectivity index (χ4v) is 5.69. The van der Waals surface area contributed by atoms with Crippen LogP contribution < -0.4 is 10.6 Å². The summed E-state index contributed by atoms with van der Waals surface area (Å²) < 4.78 is 0. The van der Waals surface area contributed by atoms with Gasteiger partial charge in [0.05, 0.1) is 0 Å². The topological polar surface area (TPSA) is 24.1 Å². The molecule has 0 spiro atoms. The molecule has 3 fully saturated rings. The normalized spacial score (nSPS) is 44.6. The quantitative estimate of drug-likeness (QED) is 0.714. The summed E-state index contributed by atoms with van der Waals surface area (Å²) in [6, 6.07) is 1.24. The molecule has 2 nitrogen and oxygen atoms in total. The van der Waals surface area contributed by atoms with Gasteiger partial charge >= 0.3 is 0 Å². The monoisotopic (exact) mass is 282 g/mol. The van der Waals surface area contributed by atoms with Crippen molar-refractivity contribution < 1.29 is 0 Å². The zero-order chi connectivity index (χ0) is 13.8. The van der Waals surface area contributed by atoms with Gasteiger partial charge in [0.25, 0.3) is 0 Å². The van der Waals surface area contributed by atoms with Gasteiger partial charge in [0, 0.05) is 25.2 Å². The summed E-state index contributed by atoms with van der Waals surface area (Å²) in [5.74, 6) is 2.56. The summed E-state index contributed by atoms with van der Waals surface area (Å²) in [6.45, 7) is 2.25. The second kappa shape index (κ2) is 4.82. The lowest BCUT2D eigenvalue weighted by molar-refractivity contribution is 0.256. The van der Waals surface area contributed by atoms with Gasteiger partial charge in [-0.3, -0.25) is 0 Å². The Balaban J connectivity index is 1.52. The van der Waals surface area contributed by atoms with Crippen molar-refractivity contribution in [2.75, 3.05) is 13.1 Å². The summed E-state index contributed by atoms with van der Waals surface area (Å²) in [4.78, 5) is 0. The predicted molar refractivity (Wildman–Crippen MR) is 86.0 cm³/mol. The first kappa shape index (κ1) is 12.7. The Morgan fingerprint density at radius 2 is 1.86 bits per heavy atom. The number of piperazine rings is 1. The molecule has 5 rings (SSSR count). The fraction of sp³-hybridized carbons (Fsp3) is 0.684. The van der Waals surface area contributed by atoms with E-state index in [0.29, 0.717) is 12.1 Å². The highest BCUT2D eigenvalue weighted by atomic mass is 15.1. The molecule has 0 amide bonds. The summed E-state index contributed by atoms with van der Waals surface area (Å²) in [5, 5.41) is 7.44. The number of hydrogen-bond donors (Lipinski definition) is 2. The van der Waals surface area contributed by atoms with Crippen molar-refractivity contribution in [3.05, 3.63) is 34.9 Å². The van der Waals surface area contributed by atoms with Gasteiger partial charge in [0.2, 0.25) is 0 Å². The molecule has 0 aromatic heterocycles. The summed E-state index contributed by atoms with van der Waals surface area (Å²) in [5.41, 5.74) is 5.19. The van der Waals surface area contributed by atoms with E-state index in [1.54, 1.807) is 16.7 Å². The number of rotatable bonds is 0. The molecule has 2 heteroatoms. The van der Waals surface area contributed by atoms with Crippen LogP contribution in [0.5, 0.6) is 0 Å². The Hall–Kier alpha value is -0.860. The van der Waals surface area contributed by atoms with Crippen LogP contribution in [0.4, 0.5) is 0 Å². The first-order valence-electron chi connectivity index (χ1n) is 8.99. The van der Waals surface area contributed by atoms with Gasteiger partial charge in [-0.25, -0.2) is 0 Å². The van der Waals surface area contributed by atoms with Gasteiger partial charge in [0.1, 0.15) is 0 Å². The summed E-state index contributed by atoms with van der Waals surface area (Å²) in [7, 11) is 0. The molecule has 1 saturated heterocycles. The minimum atomic E-state index is 0.568. The van der Waals surface area contributed by atoms with Crippen LogP contribution in [0.25, 0.3) is 0 Å². The number of hydrogen-bond acceptors (Lipinski definition) is 2. The van der Waals surface area contributed by atoms with E-state index in [9.17, 15) is 0 Å². The molecule has 0 aromatic rings.